The minimum Gasteiger partial charge on any atom is -0.398 e. The maximum Gasteiger partial charge on any atom is 0.129 e. The first kappa shape index (κ1) is 13.8. The number of anilines is 1. The van der Waals surface area contributed by atoms with E-state index in [4.69, 9.17) is 17.3 Å². The summed E-state index contributed by atoms with van der Waals surface area (Å²) in [4.78, 5) is 0. The van der Waals surface area contributed by atoms with Gasteiger partial charge in [0, 0.05) is 21.8 Å². The van der Waals surface area contributed by atoms with Gasteiger partial charge in [0.05, 0.1) is 0 Å². The van der Waals surface area contributed by atoms with Crippen LogP contribution in [0.15, 0.2) is 30.3 Å². The second-order valence-corrected chi connectivity index (χ2v) is 5.09. The lowest BCUT2D eigenvalue weighted by Crippen LogP contribution is -2.08. The van der Waals surface area contributed by atoms with Crippen LogP contribution in [0.2, 0.25) is 5.02 Å². The number of benzene rings is 2. The van der Waals surface area contributed by atoms with Gasteiger partial charge in [-0.1, -0.05) is 23.7 Å². The van der Waals surface area contributed by atoms with Crippen LogP contribution in [0.3, 0.4) is 0 Å². The van der Waals surface area contributed by atoms with Gasteiger partial charge in [-0.15, -0.1) is 0 Å². The molecule has 19 heavy (non-hydrogen) atoms. The zero-order valence-electron chi connectivity index (χ0n) is 10.7. The Morgan fingerprint density at radius 3 is 2.47 bits per heavy atom. The molecule has 0 aliphatic carbocycles. The number of aliphatic hydroxyl groups excluding tert-OH is 1. The third-order valence-electron chi connectivity index (χ3n) is 3.10. The van der Waals surface area contributed by atoms with Gasteiger partial charge >= 0.3 is 0 Å². The molecule has 0 aromatic heterocycles. The van der Waals surface area contributed by atoms with Crippen molar-refractivity contribution in [3.05, 3.63) is 63.4 Å². The van der Waals surface area contributed by atoms with Gasteiger partial charge in [-0.25, -0.2) is 4.39 Å². The molecule has 0 bridgehead atoms. The fourth-order valence-electron chi connectivity index (χ4n) is 2.22. The molecule has 0 aliphatic rings. The molecular weight excluding hydrogens is 265 g/mol. The van der Waals surface area contributed by atoms with E-state index in [1.807, 2.05) is 13.0 Å². The van der Waals surface area contributed by atoms with E-state index >= 15 is 0 Å². The Morgan fingerprint density at radius 2 is 1.89 bits per heavy atom. The summed E-state index contributed by atoms with van der Waals surface area (Å²) in [5.41, 5.74) is 8.38. The zero-order valence-corrected chi connectivity index (χ0v) is 11.5. The molecule has 2 nitrogen and oxygen atoms in total. The first-order chi connectivity index (χ1) is 8.90. The van der Waals surface area contributed by atoms with E-state index in [1.165, 1.54) is 6.07 Å². The molecule has 3 N–H and O–H groups in total. The van der Waals surface area contributed by atoms with Crippen molar-refractivity contribution in [1.29, 1.82) is 0 Å². The maximum absolute atomic E-state index is 14.0. The maximum atomic E-state index is 14.0. The summed E-state index contributed by atoms with van der Waals surface area (Å²) in [7, 11) is 0. The van der Waals surface area contributed by atoms with Crippen LogP contribution in [-0.4, -0.2) is 5.11 Å². The van der Waals surface area contributed by atoms with Crippen LogP contribution in [-0.2, 0) is 0 Å². The van der Waals surface area contributed by atoms with Crippen LogP contribution in [0, 0.1) is 19.7 Å². The van der Waals surface area contributed by atoms with Gasteiger partial charge in [0.25, 0.3) is 0 Å². The normalized spacial score (nSPS) is 12.5. The number of nitrogen functional groups attached to an aromatic ring is 1. The van der Waals surface area contributed by atoms with Gasteiger partial charge < -0.3 is 10.8 Å². The number of aliphatic hydroxyl groups is 1. The number of halogens is 2. The molecule has 0 aliphatic heterocycles. The van der Waals surface area contributed by atoms with Crippen LogP contribution in [0.1, 0.15) is 28.4 Å². The first-order valence-electron chi connectivity index (χ1n) is 5.89. The summed E-state index contributed by atoms with van der Waals surface area (Å²) < 4.78 is 14.0. The zero-order chi connectivity index (χ0) is 14.2. The van der Waals surface area contributed by atoms with Crippen molar-refractivity contribution < 1.29 is 9.50 Å². The number of rotatable bonds is 2. The molecule has 1 unspecified atom stereocenters. The Labute approximate surface area is 116 Å². The molecule has 4 heteroatoms. The molecule has 0 spiro atoms. The van der Waals surface area contributed by atoms with Crippen LogP contribution in [0.4, 0.5) is 10.1 Å². The van der Waals surface area contributed by atoms with E-state index in [1.54, 1.807) is 25.1 Å². The summed E-state index contributed by atoms with van der Waals surface area (Å²) in [5.74, 6) is -0.431. The summed E-state index contributed by atoms with van der Waals surface area (Å²) in [6.45, 7) is 3.57. The highest BCUT2D eigenvalue weighted by atomic mass is 35.5. The summed E-state index contributed by atoms with van der Waals surface area (Å²) in [5, 5.41) is 10.8. The number of hydrogen-bond donors (Lipinski definition) is 2. The van der Waals surface area contributed by atoms with Gasteiger partial charge in [-0.3, -0.25) is 0 Å². The van der Waals surface area contributed by atoms with Crippen LogP contribution < -0.4 is 5.73 Å². The van der Waals surface area contributed by atoms with Crippen LogP contribution in [0.5, 0.6) is 0 Å². The van der Waals surface area contributed by atoms with Gasteiger partial charge in [-0.2, -0.15) is 0 Å². The Hall–Kier alpha value is -1.58. The number of aryl methyl sites for hydroxylation is 2. The van der Waals surface area contributed by atoms with Gasteiger partial charge in [0.1, 0.15) is 11.9 Å². The predicted molar refractivity (Wildman–Crippen MR) is 75.8 cm³/mol. The summed E-state index contributed by atoms with van der Waals surface area (Å²) in [6.07, 6.45) is -1.10. The molecule has 0 amide bonds. The molecule has 0 heterocycles. The van der Waals surface area contributed by atoms with Crippen LogP contribution in [0.25, 0.3) is 0 Å². The molecule has 0 saturated carbocycles. The smallest absolute Gasteiger partial charge is 0.129 e. The van der Waals surface area contributed by atoms with E-state index in [-0.39, 0.29) is 5.56 Å². The largest absolute Gasteiger partial charge is 0.398 e. The highest BCUT2D eigenvalue weighted by Gasteiger charge is 2.20. The fraction of sp³-hybridized carbons (Fsp3) is 0.200. The van der Waals surface area contributed by atoms with Gasteiger partial charge in [-0.05, 0) is 43.2 Å². The standard InChI is InChI=1S/C15H15ClFNO/c1-8-5-9(2)14(12(17)6-8)15(19)11-4-3-10(16)7-13(11)18/h3-7,15,19H,18H2,1-2H3. The Morgan fingerprint density at radius 1 is 1.21 bits per heavy atom. The van der Waals surface area contributed by atoms with E-state index in [2.05, 4.69) is 0 Å². The molecule has 1 atom stereocenters. The van der Waals surface area contributed by atoms with Gasteiger partial charge in [0.2, 0.25) is 0 Å². The summed E-state index contributed by atoms with van der Waals surface area (Å²) in [6, 6.07) is 8.01. The van der Waals surface area contributed by atoms with Crippen molar-refractivity contribution >= 4 is 17.3 Å². The fourth-order valence-corrected chi connectivity index (χ4v) is 2.40. The highest BCUT2D eigenvalue weighted by molar-refractivity contribution is 6.30. The topological polar surface area (TPSA) is 46.2 Å². The van der Waals surface area contributed by atoms with Crippen molar-refractivity contribution in [2.75, 3.05) is 5.73 Å². The lowest BCUT2D eigenvalue weighted by molar-refractivity contribution is 0.215. The molecule has 2 rings (SSSR count). The van der Waals surface area contributed by atoms with Crippen molar-refractivity contribution in [3.8, 4) is 0 Å². The molecule has 2 aromatic carbocycles. The van der Waals surface area contributed by atoms with Crippen molar-refractivity contribution in [2.24, 2.45) is 0 Å². The molecule has 2 aromatic rings. The van der Waals surface area contributed by atoms with Gasteiger partial charge in [0.15, 0.2) is 0 Å². The molecule has 0 fully saturated rings. The van der Waals surface area contributed by atoms with E-state index in [0.717, 1.165) is 5.56 Å². The minimum atomic E-state index is -1.10. The Bertz CT molecular complexity index is 605. The third kappa shape index (κ3) is 2.72. The predicted octanol–water partition coefficient (Wildman–Crippen LogP) is 3.76. The molecule has 0 saturated heterocycles. The first-order valence-corrected chi connectivity index (χ1v) is 6.27. The average molecular weight is 280 g/mol. The van der Waals surface area contributed by atoms with E-state index in [0.29, 0.717) is 21.8 Å². The third-order valence-corrected chi connectivity index (χ3v) is 3.33. The van der Waals surface area contributed by atoms with Crippen molar-refractivity contribution in [3.63, 3.8) is 0 Å². The van der Waals surface area contributed by atoms with E-state index in [9.17, 15) is 9.50 Å². The second kappa shape index (κ2) is 5.19. The quantitative estimate of drug-likeness (QED) is 0.822. The lowest BCUT2D eigenvalue weighted by Gasteiger charge is -2.17. The van der Waals surface area contributed by atoms with Crippen molar-refractivity contribution in [2.45, 2.75) is 20.0 Å². The minimum absolute atomic E-state index is 0.250. The number of nitrogens with two attached hydrogens (primary N) is 1. The average Bonchev–Trinajstić information content (AvgIpc) is 2.26. The second-order valence-electron chi connectivity index (χ2n) is 4.65. The highest BCUT2D eigenvalue weighted by Crippen LogP contribution is 2.32. The molecule has 100 valence electrons. The van der Waals surface area contributed by atoms with E-state index < -0.39 is 11.9 Å². The molecular formula is C15H15ClFNO. The Kier molecular flexibility index (Phi) is 3.78. The number of hydrogen-bond acceptors (Lipinski definition) is 2. The van der Waals surface area contributed by atoms with Crippen molar-refractivity contribution in [1.82, 2.24) is 0 Å². The van der Waals surface area contributed by atoms with Crippen LogP contribution >= 0.6 is 11.6 Å². The SMILES string of the molecule is Cc1cc(C)c(C(O)c2ccc(Cl)cc2N)c(F)c1. The molecule has 0 radical (unpaired) electrons. The monoisotopic (exact) mass is 279 g/mol. The lowest BCUT2D eigenvalue weighted by atomic mass is 9.94. The summed E-state index contributed by atoms with van der Waals surface area (Å²) >= 11 is 5.82. The Balaban J connectivity index is 2.53.